The van der Waals surface area contributed by atoms with E-state index < -0.39 is 0 Å². The van der Waals surface area contributed by atoms with Gasteiger partial charge in [0.05, 0.1) is 6.61 Å². The number of rotatable bonds is 4. The van der Waals surface area contributed by atoms with Crippen LogP contribution in [0.3, 0.4) is 0 Å². The summed E-state index contributed by atoms with van der Waals surface area (Å²) in [5, 5.41) is 18.0. The molecule has 0 aliphatic rings. The normalized spacial score (nSPS) is 11.5. The van der Waals surface area contributed by atoms with Gasteiger partial charge in [0.1, 0.15) is 5.75 Å². The Balaban J connectivity index is 2.32. The summed E-state index contributed by atoms with van der Waals surface area (Å²) < 4.78 is 5.53. The highest BCUT2D eigenvalue weighted by Gasteiger charge is 2.09. The number of hydrogen-bond acceptors (Lipinski definition) is 6. The number of anilines is 1. The monoisotopic (exact) mass is 263 g/mol. The largest absolute Gasteiger partial charge is 0.508 e. The lowest BCUT2D eigenvalue weighted by Crippen LogP contribution is -1.91. The van der Waals surface area contributed by atoms with E-state index in [2.05, 4.69) is 10.2 Å². The first-order chi connectivity index (χ1) is 8.69. The molecule has 0 aliphatic carbocycles. The minimum Gasteiger partial charge on any atom is -0.508 e. The molecule has 0 unspecified atom stereocenters. The lowest BCUT2D eigenvalue weighted by atomic mass is 10.2. The van der Waals surface area contributed by atoms with Crippen molar-refractivity contribution < 1.29 is 9.84 Å². The molecule has 94 valence electrons. The molecule has 0 saturated carbocycles. The highest BCUT2D eigenvalue weighted by atomic mass is 32.1. The van der Waals surface area contributed by atoms with Gasteiger partial charge in [-0.25, -0.2) is 0 Å². The number of nitrogen functional groups attached to an aromatic ring is 1. The Morgan fingerprint density at radius 3 is 2.67 bits per heavy atom. The third kappa shape index (κ3) is 2.98. The molecule has 3 N–H and O–H groups in total. The highest BCUT2D eigenvalue weighted by Crippen LogP contribution is 2.24. The van der Waals surface area contributed by atoms with Gasteiger partial charge in [0.2, 0.25) is 5.13 Å². The number of aromatic nitrogens is 2. The van der Waals surface area contributed by atoms with Gasteiger partial charge in [-0.1, -0.05) is 23.5 Å². The summed E-state index contributed by atoms with van der Waals surface area (Å²) in [7, 11) is 0. The van der Waals surface area contributed by atoms with Gasteiger partial charge < -0.3 is 15.6 Å². The van der Waals surface area contributed by atoms with E-state index in [0.717, 1.165) is 5.56 Å². The Morgan fingerprint density at radius 2 is 2.11 bits per heavy atom. The first-order valence-corrected chi connectivity index (χ1v) is 6.23. The van der Waals surface area contributed by atoms with Crippen LogP contribution in [0.25, 0.3) is 11.8 Å². The zero-order valence-corrected chi connectivity index (χ0v) is 10.6. The fraction of sp³-hybridized carbons (Fsp3) is 0.167. The minimum absolute atomic E-state index is 0.227. The molecule has 0 radical (unpaired) electrons. The van der Waals surface area contributed by atoms with Crippen LogP contribution in [-0.2, 0) is 4.74 Å². The number of ether oxygens (including phenoxy) is 1. The highest BCUT2D eigenvalue weighted by molar-refractivity contribution is 7.16. The fourth-order valence-electron chi connectivity index (χ4n) is 1.38. The standard InChI is InChI=1S/C12H13N3O2S/c1-2-17-10(11-14-15-12(13)18-11)7-8-3-5-9(16)6-4-8/h3-7,16H,2H2,1H3,(H2,13,15)/b10-7-. The van der Waals surface area contributed by atoms with Crippen molar-refractivity contribution in [3.05, 3.63) is 34.8 Å². The van der Waals surface area contributed by atoms with Gasteiger partial charge >= 0.3 is 0 Å². The molecule has 0 spiro atoms. The van der Waals surface area contributed by atoms with Crippen LogP contribution in [0.4, 0.5) is 5.13 Å². The van der Waals surface area contributed by atoms with Crippen molar-refractivity contribution in [2.45, 2.75) is 6.92 Å². The van der Waals surface area contributed by atoms with Crippen molar-refractivity contribution in [1.29, 1.82) is 0 Å². The third-order valence-electron chi connectivity index (χ3n) is 2.14. The van der Waals surface area contributed by atoms with Crippen LogP contribution >= 0.6 is 11.3 Å². The lowest BCUT2D eigenvalue weighted by Gasteiger charge is -2.05. The molecule has 2 aromatic rings. The van der Waals surface area contributed by atoms with Crippen LogP contribution in [0.2, 0.25) is 0 Å². The first kappa shape index (κ1) is 12.4. The molecule has 0 saturated heterocycles. The summed E-state index contributed by atoms with van der Waals surface area (Å²) in [6.45, 7) is 2.43. The molecule has 6 heteroatoms. The van der Waals surface area contributed by atoms with Crippen LogP contribution in [0.15, 0.2) is 24.3 Å². The average molecular weight is 263 g/mol. The van der Waals surface area contributed by atoms with Crippen molar-refractivity contribution >= 4 is 28.3 Å². The maximum absolute atomic E-state index is 9.23. The predicted octanol–water partition coefficient (Wildman–Crippen LogP) is 2.36. The molecule has 2 rings (SSSR count). The summed E-state index contributed by atoms with van der Waals surface area (Å²) in [4.78, 5) is 0. The van der Waals surface area contributed by atoms with E-state index in [1.54, 1.807) is 24.3 Å². The van der Waals surface area contributed by atoms with Crippen LogP contribution in [0, 0.1) is 0 Å². The Bertz CT molecular complexity index is 549. The van der Waals surface area contributed by atoms with E-state index in [4.69, 9.17) is 10.5 Å². The molecular formula is C12H13N3O2S. The smallest absolute Gasteiger partial charge is 0.203 e. The summed E-state index contributed by atoms with van der Waals surface area (Å²) in [5.41, 5.74) is 6.46. The second-order valence-electron chi connectivity index (χ2n) is 3.48. The van der Waals surface area contributed by atoms with E-state index in [0.29, 0.717) is 22.5 Å². The summed E-state index contributed by atoms with van der Waals surface area (Å²) in [6.07, 6.45) is 1.84. The number of benzene rings is 1. The van der Waals surface area contributed by atoms with E-state index in [1.165, 1.54) is 11.3 Å². The maximum Gasteiger partial charge on any atom is 0.203 e. The molecule has 1 aromatic carbocycles. The first-order valence-electron chi connectivity index (χ1n) is 5.42. The molecule has 0 atom stereocenters. The summed E-state index contributed by atoms with van der Waals surface area (Å²) >= 11 is 1.27. The van der Waals surface area contributed by atoms with Gasteiger partial charge in [-0.05, 0) is 30.7 Å². The summed E-state index contributed by atoms with van der Waals surface area (Å²) in [6, 6.07) is 6.81. The van der Waals surface area contributed by atoms with Gasteiger partial charge in [0.25, 0.3) is 0 Å². The van der Waals surface area contributed by atoms with Crippen molar-refractivity contribution in [1.82, 2.24) is 10.2 Å². The molecule has 0 bridgehead atoms. The van der Waals surface area contributed by atoms with Crippen LogP contribution < -0.4 is 5.73 Å². The van der Waals surface area contributed by atoms with Gasteiger partial charge in [0, 0.05) is 0 Å². The summed E-state index contributed by atoms with van der Waals surface area (Å²) in [5.74, 6) is 0.850. The van der Waals surface area contributed by atoms with Crippen molar-refractivity contribution in [2.75, 3.05) is 12.3 Å². The van der Waals surface area contributed by atoms with Crippen LogP contribution in [0.5, 0.6) is 5.75 Å². The molecule has 0 amide bonds. The van der Waals surface area contributed by atoms with Crippen LogP contribution in [0.1, 0.15) is 17.5 Å². The lowest BCUT2D eigenvalue weighted by molar-refractivity contribution is 0.300. The van der Waals surface area contributed by atoms with Crippen molar-refractivity contribution in [3.8, 4) is 5.75 Å². The quantitative estimate of drug-likeness (QED) is 0.827. The van der Waals surface area contributed by atoms with Crippen molar-refractivity contribution in [2.24, 2.45) is 0 Å². The van der Waals surface area contributed by atoms with Gasteiger partial charge in [0.15, 0.2) is 10.8 Å². The second kappa shape index (κ2) is 5.50. The number of hydrogen-bond donors (Lipinski definition) is 2. The number of aromatic hydroxyl groups is 1. The second-order valence-corrected chi connectivity index (χ2v) is 4.49. The number of phenols is 1. The maximum atomic E-state index is 9.23. The minimum atomic E-state index is 0.227. The van der Waals surface area contributed by atoms with E-state index in [1.807, 2.05) is 13.0 Å². The molecule has 18 heavy (non-hydrogen) atoms. The molecule has 1 aromatic heterocycles. The molecule has 5 nitrogen and oxygen atoms in total. The topological polar surface area (TPSA) is 81.3 Å². The zero-order valence-electron chi connectivity index (χ0n) is 9.83. The Labute approximate surface area is 109 Å². The third-order valence-corrected chi connectivity index (χ3v) is 2.91. The Hall–Kier alpha value is -2.08. The molecule has 1 heterocycles. The Kier molecular flexibility index (Phi) is 3.78. The van der Waals surface area contributed by atoms with Crippen LogP contribution in [-0.4, -0.2) is 21.9 Å². The number of nitrogens with two attached hydrogens (primary N) is 1. The Morgan fingerprint density at radius 1 is 1.39 bits per heavy atom. The zero-order chi connectivity index (χ0) is 13.0. The number of nitrogens with zero attached hydrogens (tertiary/aromatic N) is 2. The fourth-order valence-corrected chi connectivity index (χ4v) is 1.96. The van der Waals surface area contributed by atoms with Gasteiger partial charge in [-0.2, -0.15) is 0 Å². The van der Waals surface area contributed by atoms with E-state index in [-0.39, 0.29) is 5.75 Å². The van der Waals surface area contributed by atoms with Gasteiger partial charge in [-0.15, -0.1) is 10.2 Å². The molecule has 0 fully saturated rings. The average Bonchev–Trinajstić information content (AvgIpc) is 2.78. The van der Waals surface area contributed by atoms with Crippen molar-refractivity contribution in [3.63, 3.8) is 0 Å². The number of phenolic OH excluding ortho intramolecular Hbond substituents is 1. The SMILES string of the molecule is CCO/C(=C\c1ccc(O)cc1)c1nnc(N)s1. The van der Waals surface area contributed by atoms with E-state index >= 15 is 0 Å². The molecular weight excluding hydrogens is 250 g/mol. The van der Waals surface area contributed by atoms with Gasteiger partial charge in [-0.3, -0.25) is 0 Å². The predicted molar refractivity (Wildman–Crippen MR) is 71.9 cm³/mol. The van der Waals surface area contributed by atoms with E-state index in [9.17, 15) is 5.11 Å². The molecule has 0 aliphatic heterocycles.